The third kappa shape index (κ3) is 5.58. The molecule has 10 rings (SSSR count). The maximum atomic E-state index is 15.1. The fourth-order valence-electron chi connectivity index (χ4n) is 11.9. The van der Waals surface area contributed by atoms with Gasteiger partial charge in [-0.25, -0.2) is 8.42 Å². The normalized spacial score (nSPS) is 34.9. The predicted octanol–water partition coefficient (Wildman–Crippen LogP) is 9.53. The lowest BCUT2D eigenvalue weighted by atomic mass is 9.32. The molecule has 2 aromatic heterocycles. The highest BCUT2D eigenvalue weighted by atomic mass is 32.2. The maximum absolute atomic E-state index is 15.1. The van der Waals surface area contributed by atoms with Crippen LogP contribution in [-0.4, -0.2) is 53.3 Å². The second-order valence-electron chi connectivity index (χ2n) is 17.2. The monoisotopic (exact) mass is 823 g/mol. The summed E-state index contributed by atoms with van der Waals surface area (Å²) in [6.07, 6.45) is 5.54. The van der Waals surface area contributed by atoms with Crippen LogP contribution in [0.5, 0.6) is 5.75 Å². The van der Waals surface area contributed by atoms with Crippen LogP contribution in [0.25, 0.3) is 10.1 Å². The first-order valence-electron chi connectivity index (χ1n) is 19.2. The summed E-state index contributed by atoms with van der Waals surface area (Å²) in [7, 11) is -4.15. The fourth-order valence-corrected chi connectivity index (χ4v) is 15.5. The van der Waals surface area contributed by atoms with E-state index in [0.717, 1.165) is 45.5 Å². The minimum atomic E-state index is -4.87. The Morgan fingerprint density at radius 1 is 0.946 bits per heavy atom. The Morgan fingerprint density at radius 3 is 2.38 bits per heavy atom. The quantitative estimate of drug-likeness (QED) is 0.129. The van der Waals surface area contributed by atoms with E-state index in [1.165, 1.54) is 33.8 Å². The summed E-state index contributed by atoms with van der Waals surface area (Å²) < 4.78 is 73.9. The van der Waals surface area contributed by atoms with Crippen molar-refractivity contribution in [2.75, 3.05) is 6.54 Å². The number of ketones is 1. The van der Waals surface area contributed by atoms with Gasteiger partial charge >= 0.3 is 6.36 Å². The number of benzene rings is 2. The molecule has 2 heterocycles. The van der Waals surface area contributed by atoms with Crippen molar-refractivity contribution in [3.8, 4) is 5.75 Å². The summed E-state index contributed by atoms with van der Waals surface area (Å²) in [5.41, 5.74) is -2.60. The Labute approximate surface area is 332 Å². The summed E-state index contributed by atoms with van der Waals surface area (Å²) in [5.74, 6) is -0.579. The molecule has 0 radical (unpaired) electrons. The van der Waals surface area contributed by atoms with Crippen LogP contribution in [-0.2, 0) is 16.6 Å². The van der Waals surface area contributed by atoms with Crippen molar-refractivity contribution in [2.45, 2.75) is 87.6 Å². The number of aliphatic hydroxyl groups excluding tert-OH is 1. The average molecular weight is 824 g/mol. The molecule has 296 valence electrons. The lowest BCUT2D eigenvalue weighted by Crippen LogP contribution is -2.67. The van der Waals surface area contributed by atoms with E-state index in [9.17, 15) is 31.8 Å². The Morgan fingerprint density at radius 2 is 1.66 bits per heavy atom. The molecule has 6 aliphatic carbocycles. The molecule has 6 aliphatic rings. The van der Waals surface area contributed by atoms with Gasteiger partial charge in [0, 0.05) is 39.6 Å². The first kappa shape index (κ1) is 38.2. The zero-order chi connectivity index (χ0) is 39.5. The summed E-state index contributed by atoms with van der Waals surface area (Å²) >= 11 is 2.54. The molecule has 7 nitrogen and oxygen atoms in total. The van der Waals surface area contributed by atoms with Crippen molar-refractivity contribution >= 4 is 48.6 Å². The number of halogens is 3. The van der Waals surface area contributed by atoms with Crippen LogP contribution in [0.1, 0.15) is 74.0 Å². The third-order valence-electron chi connectivity index (χ3n) is 14.6. The molecule has 8 unspecified atom stereocenters. The van der Waals surface area contributed by atoms with Crippen molar-refractivity contribution < 1.29 is 41.3 Å². The number of rotatable bonds is 9. The zero-order valence-corrected chi connectivity index (χ0v) is 33.5. The van der Waals surface area contributed by atoms with Crippen molar-refractivity contribution in [3.63, 3.8) is 0 Å². The van der Waals surface area contributed by atoms with Gasteiger partial charge in [0.15, 0.2) is 5.78 Å². The number of hydrogen-bond acceptors (Lipinski definition) is 8. The lowest BCUT2D eigenvalue weighted by molar-refractivity contribution is -0.274. The first-order chi connectivity index (χ1) is 26.4. The van der Waals surface area contributed by atoms with Gasteiger partial charge in [0.1, 0.15) is 9.96 Å². The van der Waals surface area contributed by atoms with Gasteiger partial charge < -0.3 is 14.9 Å². The fraction of sp³-hybridized carbons (Fsp3) is 0.465. The average Bonchev–Trinajstić information content (AvgIpc) is 3.90. The number of hydrogen-bond donors (Lipinski definition) is 2. The Balaban J connectivity index is 1.12. The van der Waals surface area contributed by atoms with E-state index >= 15 is 4.79 Å². The van der Waals surface area contributed by atoms with Gasteiger partial charge in [0.25, 0.3) is 10.0 Å². The zero-order valence-electron chi connectivity index (χ0n) is 31.1. The molecular weight excluding hydrogens is 780 g/mol. The molecule has 2 N–H and O–H groups in total. The highest BCUT2D eigenvalue weighted by Crippen LogP contribution is 2.78. The number of sulfonamides is 1. The van der Waals surface area contributed by atoms with Crippen LogP contribution in [0, 0.1) is 33.5 Å². The van der Waals surface area contributed by atoms with E-state index in [0.29, 0.717) is 49.0 Å². The predicted molar refractivity (Wildman–Crippen MR) is 210 cm³/mol. The van der Waals surface area contributed by atoms with Crippen molar-refractivity contribution in [3.05, 3.63) is 106 Å². The molecule has 0 aliphatic heterocycles. The Hall–Kier alpha value is -3.33. The summed E-state index contributed by atoms with van der Waals surface area (Å²) in [5, 5.41) is 26.8. The number of aliphatic hydroxyl groups is 2. The van der Waals surface area contributed by atoms with Gasteiger partial charge in [-0.3, -0.25) is 4.79 Å². The Bertz CT molecular complexity index is 2340. The Kier molecular flexibility index (Phi) is 8.76. The van der Waals surface area contributed by atoms with Gasteiger partial charge in [0.05, 0.1) is 16.6 Å². The molecule has 2 spiro atoms. The molecule has 0 saturated heterocycles. The van der Waals surface area contributed by atoms with Gasteiger partial charge in [0.2, 0.25) is 0 Å². The number of carbonyl (C=O) groups is 1. The lowest BCUT2D eigenvalue weighted by Gasteiger charge is -2.71. The number of carbonyl (C=O) groups excluding carboxylic acids is 1. The largest absolute Gasteiger partial charge is 0.573 e. The van der Waals surface area contributed by atoms with Crippen molar-refractivity contribution in [1.82, 2.24) is 4.31 Å². The van der Waals surface area contributed by atoms with Gasteiger partial charge in [-0.2, -0.15) is 4.31 Å². The van der Waals surface area contributed by atoms with Crippen LogP contribution < -0.4 is 4.74 Å². The molecule has 4 aromatic rings. The van der Waals surface area contributed by atoms with Gasteiger partial charge in [-0.05, 0) is 109 Å². The van der Waals surface area contributed by atoms with E-state index in [1.807, 2.05) is 30.3 Å². The second-order valence-corrected chi connectivity index (χ2v) is 21.4. The highest BCUT2D eigenvalue weighted by Gasteiger charge is 2.74. The third-order valence-corrected chi connectivity index (χ3v) is 18.9. The van der Waals surface area contributed by atoms with E-state index in [2.05, 4.69) is 36.8 Å². The molecule has 13 heteroatoms. The molecule has 56 heavy (non-hydrogen) atoms. The van der Waals surface area contributed by atoms with E-state index < -0.39 is 50.1 Å². The SMILES string of the molecule is CC12CCC(O)CC13C=CC1(C(C(=O)c4cc5ccccc5s4)=C3)C2CCC2(C)C1CCC2(O)CN(Cc1ccc(OC(F)(F)F)cc1)S(=O)(=O)c1cccs1. The molecule has 2 bridgehead atoms. The number of alkyl halides is 3. The molecule has 3 saturated carbocycles. The van der Waals surface area contributed by atoms with Crippen molar-refractivity contribution in [1.29, 1.82) is 0 Å². The van der Waals surface area contributed by atoms with E-state index in [-0.39, 0.29) is 40.3 Å². The number of ether oxygens (including phenoxy) is 1. The van der Waals surface area contributed by atoms with Crippen LogP contribution in [0.4, 0.5) is 13.2 Å². The molecule has 8 atom stereocenters. The summed E-state index contributed by atoms with van der Waals surface area (Å²) in [6, 6.07) is 18.2. The maximum Gasteiger partial charge on any atom is 0.573 e. The highest BCUT2D eigenvalue weighted by molar-refractivity contribution is 7.91. The van der Waals surface area contributed by atoms with E-state index in [4.69, 9.17) is 0 Å². The minimum absolute atomic E-state index is 0.0263. The first-order valence-corrected chi connectivity index (χ1v) is 22.3. The number of allylic oxidation sites excluding steroid dienone is 4. The number of fused-ring (bicyclic) bond motifs is 2. The minimum Gasteiger partial charge on any atom is -0.406 e. The van der Waals surface area contributed by atoms with Crippen molar-refractivity contribution in [2.24, 2.45) is 33.5 Å². The van der Waals surface area contributed by atoms with Crippen LogP contribution >= 0.6 is 22.7 Å². The second kappa shape index (κ2) is 12.8. The smallest absolute Gasteiger partial charge is 0.406 e. The summed E-state index contributed by atoms with van der Waals surface area (Å²) in [6.45, 7) is 3.97. The molecule has 3 fully saturated rings. The van der Waals surface area contributed by atoms with Gasteiger partial charge in [-0.15, -0.1) is 35.8 Å². The van der Waals surface area contributed by atoms with Crippen LogP contribution in [0.2, 0.25) is 0 Å². The number of Topliss-reactive ketones (excluding diaryl/α,β-unsaturated/α-hetero) is 1. The number of thiophene rings is 2. The van der Waals surface area contributed by atoms with E-state index in [1.54, 1.807) is 11.4 Å². The standard InChI is InChI=1S/C43H44F3NO6S3/c1-38-16-13-29(48)23-40(38)19-20-42(31(24-40)37(49)33-22-28-6-3-4-7-32(28)55-33)34(38)14-17-39(2)35(42)15-18-41(39,50)26-47(56(51,52)36-8-5-21-54-36)25-27-9-11-30(12-10-27)53-43(44,45)46/h3-12,19-22,24,29,34-35,48,50H,13-18,23,25-26H2,1-2H3. The van der Waals surface area contributed by atoms with Crippen LogP contribution in [0.15, 0.2) is 100 Å². The van der Waals surface area contributed by atoms with Crippen LogP contribution in [0.3, 0.4) is 0 Å². The number of nitrogens with zero attached hydrogens (tertiary/aromatic N) is 1. The topological polar surface area (TPSA) is 104 Å². The molecule has 2 aromatic carbocycles. The molecule has 0 amide bonds. The van der Waals surface area contributed by atoms with Gasteiger partial charge in [-0.1, -0.05) is 68.5 Å². The molecular formula is C43H44F3NO6S3. The summed E-state index contributed by atoms with van der Waals surface area (Å²) in [4.78, 5) is 15.7.